The maximum atomic E-state index is 13.7. The molecule has 0 fully saturated rings. The van der Waals surface area contributed by atoms with Gasteiger partial charge in [0.2, 0.25) is 0 Å². The smallest absolute Gasteiger partial charge is 0.260 e. The molecular weight excluding hydrogens is 650 g/mol. The number of methoxy groups -OCH3 is 1. The van der Waals surface area contributed by atoms with Gasteiger partial charge in [0.05, 0.1) is 43.7 Å². The summed E-state index contributed by atoms with van der Waals surface area (Å²) in [7, 11) is 1.57. The Morgan fingerprint density at radius 1 is 0.692 bits per heavy atom. The molecule has 0 aliphatic carbocycles. The van der Waals surface area contributed by atoms with Crippen LogP contribution in [0.3, 0.4) is 0 Å². The second kappa shape index (κ2) is 13.7. The summed E-state index contributed by atoms with van der Waals surface area (Å²) in [6.07, 6.45) is 12.0. The number of aryl methyl sites for hydroxylation is 3. The van der Waals surface area contributed by atoms with E-state index in [0.29, 0.717) is 54.4 Å². The molecule has 0 unspecified atom stereocenters. The van der Waals surface area contributed by atoms with Crippen molar-refractivity contribution in [2.75, 3.05) is 20.3 Å². The lowest BCUT2D eigenvalue weighted by atomic mass is 10.0. The van der Waals surface area contributed by atoms with E-state index in [9.17, 15) is 9.59 Å². The third-order valence-electron chi connectivity index (χ3n) is 10.3. The molecule has 0 saturated heterocycles. The molecule has 8 heteroatoms. The predicted octanol–water partition coefficient (Wildman–Crippen LogP) is 8.72. The Morgan fingerprint density at radius 2 is 1.29 bits per heavy atom. The molecule has 0 N–H and O–H groups in total. The van der Waals surface area contributed by atoms with E-state index in [0.717, 1.165) is 40.0 Å². The number of carbonyl (C=O) groups is 2. The maximum absolute atomic E-state index is 13.7. The third-order valence-corrected chi connectivity index (χ3v) is 10.3. The number of hydrogen-bond donors (Lipinski definition) is 0. The lowest BCUT2D eigenvalue weighted by Crippen LogP contribution is -2.32. The standard InChI is InChI=1S/C44H41N3O5/c1-27-6-10-30(11-7-27)33-19-35-15-14-32-21-40(29(3)18-37(32)43(48)46(35)25-33)51-16-5-17-52-42-23-39-38(22-41(42)50-4)44(49)47-26-34(20-36(47)24-45-39)31-12-8-28(2)9-13-31/h6-15,18,21-26,35-36H,5,16-17,19-20H2,1-4H3/t35-,36+/m1/s1. The molecule has 0 aromatic heterocycles. The van der Waals surface area contributed by atoms with E-state index < -0.39 is 0 Å². The van der Waals surface area contributed by atoms with Crippen LogP contribution in [-0.2, 0) is 0 Å². The van der Waals surface area contributed by atoms with Crippen molar-refractivity contribution >= 4 is 40.9 Å². The van der Waals surface area contributed by atoms with Crippen molar-refractivity contribution < 1.29 is 23.8 Å². The van der Waals surface area contributed by atoms with Crippen molar-refractivity contribution in [1.82, 2.24) is 9.80 Å². The molecule has 0 saturated carbocycles. The zero-order valence-electron chi connectivity index (χ0n) is 29.9. The van der Waals surface area contributed by atoms with Gasteiger partial charge in [0.25, 0.3) is 11.8 Å². The van der Waals surface area contributed by atoms with Gasteiger partial charge in [-0.25, -0.2) is 0 Å². The summed E-state index contributed by atoms with van der Waals surface area (Å²) < 4.78 is 18.0. The second-order valence-corrected chi connectivity index (χ2v) is 13.9. The van der Waals surface area contributed by atoms with Gasteiger partial charge < -0.3 is 24.0 Å². The van der Waals surface area contributed by atoms with E-state index in [1.54, 1.807) is 24.1 Å². The summed E-state index contributed by atoms with van der Waals surface area (Å²) in [5.74, 6) is 1.62. The average molecular weight is 692 g/mol. The van der Waals surface area contributed by atoms with Crippen LogP contribution in [0.5, 0.6) is 17.2 Å². The highest BCUT2D eigenvalue weighted by Crippen LogP contribution is 2.40. The van der Waals surface area contributed by atoms with Gasteiger partial charge in [0.15, 0.2) is 11.5 Å². The van der Waals surface area contributed by atoms with Crippen molar-refractivity contribution in [2.24, 2.45) is 4.99 Å². The van der Waals surface area contributed by atoms with Gasteiger partial charge in [-0.1, -0.05) is 71.8 Å². The number of carbonyl (C=O) groups excluding carboxylic acids is 2. The first-order valence-corrected chi connectivity index (χ1v) is 17.8. The Kier molecular flexibility index (Phi) is 8.75. The Balaban J connectivity index is 0.900. The molecule has 4 heterocycles. The van der Waals surface area contributed by atoms with Crippen molar-refractivity contribution in [1.29, 1.82) is 0 Å². The highest BCUT2D eigenvalue weighted by Gasteiger charge is 2.34. The topological polar surface area (TPSA) is 80.7 Å². The zero-order chi connectivity index (χ0) is 35.9. The average Bonchev–Trinajstić information content (AvgIpc) is 3.73. The number of ether oxygens (including phenoxy) is 3. The fourth-order valence-electron chi connectivity index (χ4n) is 7.27. The van der Waals surface area contributed by atoms with E-state index in [-0.39, 0.29) is 23.9 Å². The van der Waals surface area contributed by atoms with Gasteiger partial charge in [-0.2, -0.15) is 0 Å². The molecule has 262 valence electrons. The first kappa shape index (κ1) is 33.3. The fraction of sp³-hybridized carbons (Fsp3) is 0.250. The molecule has 8 rings (SSSR count). The van der Waals surface area contributed by atoms with Gasteiger partial charge in [-0.15, -0.1) is 0 Å². The van der Waals surface area contributed by atoms with Crippen LogP contribution < -0.4 is 14.2 Å². The molecule has 4 aliphatic heterocycles. The fourth-order valence-corrected chi connectivity index (χ4v) is 7.27. The summed E-state index contributed by atoms with van der Waals surface area (Å²) >= 11 is 0. The third kappa shape index (κ3) is 6.30. The van der Waals surface area contributed by atoms with E-state index in [2.05, 4.69) is 68.5 Å². The summed E-state index contributed by atoms with van der Waals surface area (Å²) in [6.45, 7) is 6.90. The molecule has 52 heavy (non-hydrogen) atoms. The van der Waals surface area contributed by atoms with E-state index in [4.69, 9.17) is 19.2 Å². The quantitative estimate of drug-likeness (QED) is 0.164. The molecule has 4 aliphatic rings. The largest absolute Gasteiger partial charge is 0.493 e. The summed E-state index contributed by atoms with van der Waals surface area (Å²) in [5, 5.41) is 0. The maximum Gasteiger partial charge on any atom is 0.260 e. The number of amides is 2. The minimum atomic E-state index is -0.153. The Morgan fingerprint density at radius 3 is 1.94 bits per heavy atom. The number of aliphatic imine (C=N–C) groups is 1. The monoisotopic (exact) mass is 691 g/mol. The summed E-state index contributed by atoms with van der Waals surface area (Å²) in [5.41, 5.74) is 10.4. The molecule has 2 atom stereocenters. The van der Waals surface area contributed by atoms with Crippen LogP contribution in [0.4, 0.5) is 5.69 Å². The number of hydrogen-bond acceptors (Lipinski definition) is 6. The zero-order valence-corrected chi connectivity index (χ0v) is 29.9. The van der Waals surface area contributed by atoms with Gasteiger partial charge in [-0.05, 0) is 78.8 Å². The predicted molar refractivity (Wildman–Crippen MR) is 204 cm³/mol. The van der Waals surface area contributed by atoms with Crippen molar-refractivity contribution in [2.45, 2.75) is 52.1 Å². The van der Waals surface area contributed by atoms with Gasteiger partial charge >= 0.3 is 0 Å². The second-order valence-electron chi connectivity index (χ2n) is 13.9. The Bertz CT molecular complexity index is 2200. The van der Waals surface area contributed by atoms with Crippen LogP contribution in [0, 0.1) is 20.8 Å². The van der Waals surface area contributed by atoms with Gasteiger partial charge in [0.1, 0.15) is 5.75 Å². The first-order chi connectivity index (χ1) is 25.2. The number of benzene rings is 4. The Labute approximate surface area is 304 Å². The van der Waals surface area contributed by atoms with Gasteiger partial charge in [0, 0.05) is 43.1 Å². The van der Waals surface area contributed by atoms with Crippen LogP contribution >= 0.6 is 0 Å². The van der Waals surface area contributed by atoms with Crippen molar-refractivity contribution in [3.63, 3.8) is 0 Å². The van der Waals surface area contributed by atoms with Crippen LogP contribution in [0.1, 0.15) is 73.4 Å². The summed E-state index contributed by atoms with van der Waals surface area (Å²) in [6, 6.07) is 24.0. The molecule has 0 radical (unpaired) electrons. The lowest BCUT2D eigenvalue weighted by molar-refractivity contribution is 0.0803. The minimum absolute atomic E-state index is 0.000228. The van der Waals surface area contributed by atoms with Crippen LogP contribution in [0.2, 0.25) is 0 Å². The van der Waals surface area contributed by atoms with E-state index in [1.807, 2.05) is 48.6 Å². The molecule has 4 aromatic carbocycles. The summed E-state index contributed by atoms with van der Waals surface area (Å²) in [4.78, 5) is 35.7. The number of nitrogens with zero attached hydrogens (tertiary/aromatic N) is 3. The lowest BCUT2D eigenvalue weighted by Gasteiger charge is -2.20. The SMILES string of the molecule is COc1cc2c(cc1OCCCOc1cc3c(cc1C)C(=O)N1C=C(c4ccc(C)cc4)C[C@H]1C=C3)N=C[C@@H]1CC(c3ccc(C)cc3)=CN1C2=O. The number of fused-ring (bicyclic) bond motifs is 4. The highest BCUT2D eigenvalue weighted by atomic mass is 16.5. The molecular formula is C44H41N3O5. The van der Waals surface area contributed by atoms with Crippen LogP contribution in [-0.4, -0.2) is 60.2 Å². The Hall–Kier alpha value is -5.89. The highest BCUT2D eigenvalue weighted by molar-refractivity contribution is 6.05. The molecule has 2 amide bonds. The molecule has 0 spiro atoms. The molecule has 0 bridgehead atoms. The van der Waals surface area contributed by atoms with E-state index >= 15 is 0 Å². The molecule has 8 nitrogen and oxygen atoms in total. The normalized spacial score (nSPS) is 18.5. The first-order valence-electron chi connectivity index (χ1n) is 17.8. The van der Waals surface area contributed by atoms with Crippen molar-refractivity contribution in [3.05, 3.63) is 136 Å². The van der Waals surface area contributed by atoms with Crippen molar-refractivity contribution in [3.8, 4) is 17.2 Å². The number of rotatable bonds is 9. The van der Waals surface area contributed by atoms with Crippen LogP contribution in [0.25, 0.3) is 17.2 Å². The minimum Gasteiger partial charge on any atom is -0.493 e. The van der Waals surface area contributed by atoms with Gasteiger partial charge in [-0.3, -0.25) is 14.6 Å². The van der Waals surface area contributed by atoms with E-state index in [1.165, 1.54) is 16.7 Å². The molecule has 4 aromatic rings. The van der Waals surface area contributed by atoms with Crippen LogP contribution in [0.15, 0.2) is 96.3 Å².